The smallest absolute Gasteiger partial charge is 0.406 e. The third-order valence-electron chi connectivity index (χ3n) is 2.44. The van der Waals surface area contributed by atoms with E-state index in [-0.39, 0.29) is 12.3 Å². The first kappa shape index (κ1) is 16.9. The number of nitrogens with zero attached hydrogens (tertiary/aromatic N) is 1. The van der Waals surface area contributed by atoms with E-state index in [1.807, 2.05) is 19.1 Å². The fourth-order valence-corrected chi connectivity index (χ4v) is 1.48. The zero-order valence-electron chi connectivity index (χ0n) is 11.7. The lowest BCUT2D eigenvalue weighted by Crippen LogP contribution is -2.32. The van der Waals surface area contributed by atoms with Gasteiger partial charge < -0.3 is 15.8 Å². The van der Waals surface area contributed by atoms with Crippen LogP contribution in [0.15, 0.2) is 41.4 Å². The fraction of sp³-hybridized carbons (Fsp3) is 0.357. The summed E-state index contributed by atoms with van der Waals surface area (Å²) in [5, 5.41) is 2.93. The second kappa shape index (κ2) is 8.18. The van der Waals surface area contributed by atoms with Crippen LogP contribution in [0.25, 0.3) is 0 Å². The van der Waals surface area contributed by atoms with Crippen LogP contribution >= 0.6 is 0 Å². The summed E-state index contributed by atoms with van der Waals surface area (Å²) >= 11 is 0. The minimum Gasteiger partial charge on any atom is -0.406 e. The summed E-state index contributed by atoms with van der Waals surface area (Å²) in [6.07, 6.45) is 0.108. The molecule has 0 amide bonds. The molecule has 0 spiro atoms. The molecule has 0 heterocycles. The second-order valence-corrected chi connectivity index (χ2v) is 4.18. The van der Waals surface area contributed by atoms with E-state index in [0.29, 0.717) is 12.5 Å². The lowest BCUT2D eigenvalue weighted by Gasteiger charge is -2.09. The van der Waals surface area contributed by atoms with Gasteiger partial charge in [0.15, 0.2) is 5.96 Å². The quantitative estimate of drug-likeness (QED) is 0.367. The molecule has 0 saturated carbocycles. The van der Waals surface area contributed by atoms with Crippen molar-refractivity contribution in [3.8, 4) is 5.75 Å². The first-order valence-electron chi connectivity index (χ1n) is 6.40. The van der Waals surface area contributed by atoms with Gasteiger partial charge in [-0.25, -0.2) is 4.99 Å². The summed E-state index contributed by atoms with van der Waals surface area (Å²) in [5.41, 5.74) is 6.40. The fourth-order valence-electron chi connectivity index (χ4n) is 1.48. The van der Waals surface area contributed by atoms with Crippen LogP contribution in [0.4, 0.5) is 13.2 Å². The van der Waals surface area contributed by atoms with Crippen LogP contribution in [-0.4, -0.2) is 18.9 Å². The van der Waals surface area contributed by atoms with Gasteiger partial charge in [-0.1, -0.05) is 24.3 Å². The first-order valence-corrected chi connectivity index (χ1v) is 6.40. The van der Waals surface area contributed by atoms with Gasteiger partial charge in [0.25, 0.3) is 0 Å². The molecule has 0 aromatic heterocycles. The number of nitrogens with one attached hydrogen (secondary N) is 1. The van der Waals surface area contributed by atoms with Crippen molar-refractivity contribution in [2.45, 2.75) is 26.3 Å². The normalized spacial score (nSPS) is 12.7. The average Bonchev–Trinajstić information content (AvgIpc) is 2.41. The summed E-state index contributed by atoms with van der Waals surface area (Å²) in [7, 11) is 0. The predicted molar refractivity (Wildman–Crippen MR) is 75.9 cm³/mol. The largest absolute Gasteiger partial charge is 0.573 e. The molecule has 21 heavy (non-hydrogen) atoms. The number of nitrogens with two attached hydrogens (primary N) is 1. The Kier molecular flexibility index (Phi) is 6.58. The Balaban J connectivity index is 2.44. The van der Waals surface area contributed by atoms with E-state index >= 15 is 0 Å². The molecule has 0 unspecified atom stereocenters. The molecule has 1 aromatic carbocycles. The van der Waals surface area contributed by atoms with E-state index in [4.69, 9.17) is 5.73 Å². The minimum atomic E-state index is -4.68. The van der Waals surface area contributed by atoms with Crippen molar-refractivity contribution in [2.75, 3.05) is 6.54 Å². The number of aliphatic imine (C=N–C) groups is 1. The average molecular weight is 301 g/mol. The second-order valence-electron chi connectivity index (χ2n) is 4.18. The van der Waals surface area contributed by atoms with E-state index in [1.54, 1.807) is 0 Å². The van der Waals surface area contributed by atoms with E-state index in [9.17, 15) is 13.2 Å². The van der Waals surface area contributed by atoms with Gasteiger partial charge in [0.05, 0.1) is 6.54 Å². The van der Waals surface area contributed by atoms with Crippen molar-refractivity contribution >= 4 is 5.96 Å². The Bertz CT molecular complexity index is 481. The lowest BCUT2D eigenvalue weighted by atomic mass is 10.2. The van der Waals surface area contributed by atoms with Crippen LogP contribution in [0.1, 0.15) is 18.9 Å². The maximum Gasteiger partial charge on any atom is 0.573 e. The molecule has 0 aliphatic rings. The predicted octanol–water partition coefficient (Wildman–Crippen LogP) is 2.96. The van der Waals surface area contributed by atoms with Crippen LogP contribution in [0, 0.1) is 0 Å². The molecule has 1 rings (SSSR count). The first-order chi connectivity index (χ1) is 9.90. The van der Waals surface area contributed by atoms with Gasteiger partial charge in [-0.05, 0) is 31.0 Å². The van der Waals surface area contributed by atoms with Crippen LogP contribution in [0.2, 0.25) is 0 Å². The summed E-state index contributed by atoms with van der Waals surface area (Å²) in [4.78, 5) is 4.09. The number of guanidine groups is 1. The molecule has 3 N–H and O–H groups in total. The number of halogens is 3. The Morgan fingerprint density at radius 3 is 2.57 bits per heavy atom. The summed E-state index contributed by atoms with van der Waals surface area (Å²) in [6, 6.07) is 5.51. The molecular formula is C14H18F3N3O. The summed E-state index contributed by atoms with van der Waals surface area (Å²) in [5.74, 6) is 0.0443. The van der Waals surface area contributed by atoms with E-state index < -0.39 is 6.36 Å². The maximum atomic E-state index is 12.0. The zero-order chi connectivity index (χ0) is 15.7. The maximum absolute atomic E-state index is 12.0. The van der Waals surface area contributed by atoms with Crippen molar-refractivity contribution in [3.05, 3.63) is 42.0 Å². The number of hydrogen-bond acceptors (Lipinski definition) is 2. The number of hydrogen-bond donors (Lipinski definition) is 2. The standard InChI is InChI=1S/C14H18F3N3O/c1-2-3-4-9-19-13(18)20-10-11-5-7-12(8-6-11)21-14(15,16)17/h2-3,5-8H,4,9-10H2,1H3,(H3,18,19,20)/b3-2+. The van der Waals surface area contributed by atoms with Gasteiger partial charge >= 0.3 is 6.36 Å². The molecule has 0 radical (unpaired) electrons. The van der Waals surface area contributed by atoms with Crippen LogP contribution in [-0.2, 0) is 6.54 Å². The third-order valence-corrected chi connectivity index (χ3v) is 2.44. The number of alkyl halides is 3. The Hall–Kier alpha value is -2.18. The molecule has 0 aliphatic carbocycles. The lowest BCUT2D eigenvalue weighted by molar-refractivity contribution is -0.274. The summed E-state index contributed by atoms with van der Waals surface area (Å²) < 4.78 is 39.8. The van der Waals surface area contributed by atoms with Crippen molar-refractivity contribution < 1.29 is 17.9 Å². The van der Waals surface area contributed by atoms with Crippen LogP contribution < -0.4 is 15.8 Å². The van der Waals surface area contributed by atoms with Crippen molar-refractivity contribution in [1.82, 2.24) is 5.32 Å². The highest BCUT2D eigenvalue weighted by Crippen LogP contribution is 2.22. The van der Waals surface area contributed by atoms with Gasteiger partial charge in [0.1, 0.15) is 5.75 Å². The van der Waals surface area contributed by atoms with E-state index in [2.05, 4.69) is 15.0 Å². The van der Waals surface area contributed by atoms with Crippen LogP contribution in [0.5, 0.6) is 5.75 Å². The van der Waals surface area contributed by atoms with Crippen molar-refractivity contribution in [2.24, 2.45) is 10.7 Å². The Morgan fingerprint density at radius 1 is 1.33 bits per heavy atom. The minimum absolute atomic E-state index is 0.257. The monoisotopic (exact) mass is 301 g/mol. The molecule has 0 aliphatic heterocycles. The molecule has 1 aromatic rings. The molecule has 4 nitrogen and oxygen atoms in total. The van der Waals surface area contributed by atoms with Crippen molar-refractivity contribution in [1.29, 1.82) is 0 Å². The zero-order valence-corrected chi connectivity index (χ0v) is 11.7. The van der Waals surface area contributed by atoms with Gasteiger partial charge in [-0.3, -0.25) is 0 Å². The molecule has 116 valence electrons. The highest BCUT2D eigenvalue weighted by atomic mass is 19.4. The van der Waals surface area contributed by atoms with E-state index in [1.165, 1.54) is 24.3 Å². The SMILES string of the molecule is C/C=C/CCNC(N)=NCc1ccc(OC(F)(F)F)cc1. The number of benzene rings is 1. The molecule has 7 heteroatoms. The molecule has 0 bridgehead atoms. The third kappa shape index (κ3) is 7.86. The Labute approximate surface area is 121 Å². The Morgan fingerprint density at radius 2 is 2.00 bits per heavy atom. The van der Waals surface area contributed by atoms with Gasteiger partial charge in [0.2, 0.25) is 0 Å². The molecule has 0 fully saturated rings. The molecule has 0 saturated heterocycles. The highest BCUT2D eigenvalue weighted by Gasteiger charge is 2.30. The topological polar surface area (TPSA) is 59.6 Å². The molecule has 0 atom stereocenters. The van der Waals surface area contributed by atoms with Gasteiger partial charge in [-0.15, -0.1) is 13.2 Å². The number of rotatable bonds is 6. The van der Waals surface area contributed by atoms with Gasteiger partial charge in [-0.2, -0.15) is 0 Å². The van der Waals surface area contributed by atoms with E-state index in [0.717, 1.165) is 12.0 Å². The molecular weight excluding hydrogens is 283 g/mol. The number of ether oxygens (including phenoxy) is 1. The highest BCUT2D eigenvalue weighted by molar-refractivity contribution is 5.77. The van der Waals surface area contributed by atoms with Gasteiger partial charge in [0, 0.05) is 6.54 Å². The van der Waals surface area contributed by atoms with Crippen LogP contribution in [0.3, 0.4) is 0 Å². The number of allylic oxidation sites excluding steroid dienone is 1. The van der Waals surface area contributed by atoms with Crippen molar-refractivity contribution in [3.63, 3.8) is 0 Å². The summed E-state index contributed by atoms with van der Waals surface area (Å²) in [6.45, 7) is 2.90.